The summed E-state index contributed by atoms with van der Waals surface area (Å²) < 4.78 is 41.6. The molecule has 7 nitrogen and oxygen atoms in total. The van der Waals surface area contributed by atoms with Crippen molar-refractivity contribution in [1.29, 1.82) is 0 Å². The van der Waals surface area contributed by atoms with Gasteiger partial charge in [0.15, 0.2) is 0 Å². The van der Waals surface area contributed by atoms with Crippen LogP contribution in [-0.2, 0) is 12.6 Å². The highest BCUT2D eigenvalue weighted by molar-refractivity contribution is 5.74. The number of alkyl halides is 3. The molecule has 0 saturated carbocycles. The van der Waals surface area contributed by atoms with Gasteiger partial charge in [0, 0.05) is 64.1 Å². The largest absolute Gasteiger partial charge is 0.424 e. The molecule has 0 bridgehead atoms. The molecule has 1 unspecified atom stereocenters. The van der Waals surface area contributed by atoms with Gasteiger partial charge in [0.1, 0.15) is 5.82 Å². The summed E-state index contributed by atoms with van der Waals surface area (Å²) in [5, 5.41) is 12.8. The van der Waals surface area contributed by atoms with Gasteiger partial charge in [-0.05, 0) is 27.2 Å². The van der Waals surface area contributed by atoms with Crippen molar-refractivity contribution in [3.63, 3.8) is 0 Å². The second-order valence-electron chi connectivity index (χ2n) is 8.20. The number of nitrogens with one attached hydrogen (secondary N) is 1. The SMILES string of the molecule is Cn1ccnc1C(O)(CCNC(=O)N1CCCN(C(C)(C)C)CC1)C(F)(F)F. The Morgan fingerprint density at radius 1 is 1.21 bits per heavy atom. The lowest BCUT2D eigenvalue weighted by atomic mass is 9.97. The van der Waals surface area contributed by atoms with E-state index in [0.717, 1.165) is 17.5 Å². The molecular formula is C18H30F3N5O2. The minimum atomic E-state index is -4.91. The number of aryl methyl sites for hydroxylation is 1. The fourth-order valence-electron chi connectivity index (χ4n) is 3.40. The van der Waals surface area contributed by atoms with Crippen LogP contribution in [0.2, 0.25) is 0 Å². The van der Waals surface area contributed by atoms with E-state index in [0.29, 0.717) is 19.6 Å². The van der Waals surface area contributed by atoms with Gasteiger partial charge in [0.2, 0.25) is 5.60 Å². The lowest BCUT2D eigenvalue weighted by molar-refractivity contribution is -0.272. The molecule has 1 aliphatic heterocycles. The first-order chi connectivity index (χ1) is 12.9. The van der Waals surface area contributed by atoms with Crippen LogP contribution in [0.4, 0.5) is 18.0 Å². The van der Waals surface area contributed by atoms with Gasteiger partial charge in [-0.3, -0.25) is 4.90 Å². The summed E-state index contributed by atoms with van der Waals surface area (Å²) in [5.41, 5.74) is -3.13. The number of carbonyl (C=O) groups excluding carboxylic acids is 1. The predicted octanol–water partition coefficient (Wildman–Crippen LogP) is 2.08. The molecule has 2 N–H and O–H groups in total. The molecule has 1 aromatic heterocycles. The van der Waals surface area contributed by atoms with Crippen molar-refractivity contribution < 1.29 is 23.1 Å². The first-order valence-electron chi connectivity index (χ1n) is 9.41. The normalized spacial score (nSPS) is 19.2. The summed E-state index contributed by atoms with van der Waals surface area (Å²) in [6.07, 6.45) is -2.29. The zero-order valence-electron chi connectivity index (χ0n) is 16.9. The Morgan fingerprint density at radius 3 is 2.43 bits per heavy atom. The minimum absolute atomic E-state index is 0.00223. The molecule has 0 spiro atoms. The van der Waals surface area contributed by atoms with Crippen LogP contribution >= 0.6 is 0 Å². The second-order valence-corrected chi connectivity index (χ2v) is 8.20. The van der Waals surface area contributed by atoms with Gasteiger partial charge >= 0.3 is 12.2 Å². The van der Waals surface area contributed by atoms with Crippen LogP contribution in [0.25, 0.3) is 0 Å². The van der Waals surface area contributed by atoms with Crippen molar-refractivity contribution in [1.82, 2.24) is 24.7 Å². The van der Waals surface area contributed by atoms with Gasteiger partial charge in [0.25, 0.3) is 0 Å². The molecule has 2 amide bonds. The van der Waals surface area contributed by atoms with Gasteiger partial charge < -0.3 is 19.9 Å². The van der Waals surface area contributed by atoms with Crippen LogP contribution in [0, 0.1) is 0 Å². The molecule has 2 heterocycles. The summed E-state index contributed by atoms with van der Waals surface area (Å²) >= 11 is 0. The molecule has 0 radical (unpaired) electrons. The molecule has 1 aliphatic rings. The molecule has 1 atom stereocenters. The third-order valence-corrected chi connectivity index (χ3v) is 5.15. The van der Waals surface area contributed by atoms with Crippen molar-refractivity contribution in [3.8, 4) is 0 Å². The van der Waals surface area contributed by atoms with Crippen molar-refractivity contribution in [2.45, 2.75) is 50.9 Å². The lowest BCUT2D eigenvalue weighted by Crippen LogP contribution is -2.49. The van der Waals surface area contributed by atoms with E-state index in [1.165, 1.54) is 19.4 Å². The number of hydrogen-bond donors (Lipinski definition) is 2. The van der Waals surface area contributed by atoms with Crippen molar-refractivity contribution >= 4 is 6.03 Å². The molecular weight excluding hydrogens is 375 g/mol. The number of hydrogen-bond acceptors (Lipinski definition) is 4. The summed E-state index contributed by atoms with van der Waals surface area (Å²) in [6.45, 7) is 8.63. The third-order valence-electron chi connectivity index (χ3n) is 5.15. The van der Waals surface area contributed by atoms with Gasteiger partial charge in [0.05, 0.1) is 0 Å². The number of imidazole rings is 1. The summed E-state index contributed by atoms with van der Waals surface area (Å²) in [6, 6.07) is -0.417. The summed E-state index contributed by atoms with van der Waals surface area (Å²) in [5.74, 6) is -0.496. The highest BCUT2D eigenvalue weighted by atomic mass is 19.4. The van der Waals surface area contributed by atoms with E-state index >= 15 is 0 Å². The average Bonchev–Trinajstić information content (AvgIpc) is 2.84. The Hall–Kier alpha value is -1.81. The topological polar surface area (TPSA) is 73.6 Å². The number of carbonyl (C=O) groups is 1. The van der Waals surface area contributed by atoms with E-state index in [-0.39, 0.29) is 12.1 Å². The Bertz CT molecular complexity index is 671. The maximum absolute atomic E-state index is 13.5. The zero-order chi connectivity index (χ0) is 21.2. The Morgan fingerprint density at radius 2 is 1.89 bits per heavy atom. The second kappa shape index (κ2) is 8.28. The van der Waals surface area contributed by atoms with Crippen LogP contribution in [0.1, 0.15) is 39.4 Å². The maximum atomic E-state index is 13.5. The molecule has 28 heavy (non-hydrogen) atoms. The number of urea groups is 1. The van der Waals surface area contributed by atoms with E-state index in [4.69, 9.17) is 0 Å². The van der Waals surface area contributed by atoms with Gasteiger partial charge in [-0.1, -0.05) is 0 Å². The molecule has 1 saturated heterocycles. The standard InChI is InChI=1S/C18H30F3N5O2/c1-16(2,3)26-10-5-9-25(12-13-26)15(27)23-7-6-17(28,18(19,20)21)14-22-8-11-24(14)4/h8,11,28H,5-7,9-10,12-13H2,1-4H3,(H,23,27). The molecule has 1 aromatic rings. The van der Waals surface area contributed by atoms with Crippen LogP contribution in [0.3, 0.4) is 0 Å². The Kier molecular flexibility index (Phi) is 6.65. The van der Waals surface area contributed by atoms with E-state index in [9.17, 15) is 23.1 Å². The van der Waals surface area contributed by atoms with Gasteiger partial charge in [-0.15, -0.1) is 0 Å². The number of amides is 2. The molecule has 160 valence electrons. The third kappa shape index (κ3) is 4.96. The van der Waals surface area contributed by atoms with Crippen LogP contribution in [0.5, 0.6) is 0 Å². The summed E-state index contributed by atoms with van der Waals surface area (Å²) in [4.78, 5) is 20.0. The van der Waals surface area contributed by atoms with E-state index in [1.54, 1.807) is 4.90 Å². The van der Waals surface area contributed by atoms with Crippen molar-refractivity contribution in [2.75, 3.05) is 32.7 Å². The predicted molar refractivity (Wildman–Crippen MR) is 98.7 cm³/mol. The van der Waals surface area contributed by atoms with Crippen molar-refractivity contribution in [3.05, 3.63) is 18.2 Å². The average molecular weight is 405 g/mol. The fourth-order valence-corrected chi connectivity index (χ4v) is 3.40. The lowest BCUT2D eigenvalue weighted by Gasteiger charge is -2.34. The Balaban J connectivity index is 1.96. The van der Waals surface area contributed by atoms with Gasteiger partial charge in [-0.25, -0.2) is 9.78 Å². The zero-order valence-corrected chi connectivity index (χ0v) is 16.9. The number of aromatic nitrogens is 2. The highest BCUT2D eigenvalue weighted by Crippen LogP contribution is 2.40. The van der Waals surface area contributed by atoms with Gasteiger partial charge in [-0.2, -0.15) is 13.2 Å². The number of nitrogens with zero attached hydrogens (tertiary/aromatic N) is 4. The van der Waals surface area contributed by atoms with E-state index in [2.05, 4.69) is 36.0 Å². The van der Waals surface area contributed by atoms with Crippen LogP contribution in [0.15, 0.2) is 12.4 Å². The maximum Gasteiger partial charge on any atom is 0.424 e. The molecule has 2 rings (SSSR count). The smallest absolute Gasteiger partial charge is 0.374 e. The minimum Gasteiger partial charge on any atom is -0.374 e. The number of aliphatic hydroxyl groups is 1. The Labute approximate surface area is 163 Å². The highest BCUT2D eigenvalue weighted by Gasteiger charge is 2.57. The van der Waals surface area contributed by atoms with Crippen LogP contribution in [-0.4, -0.2) is 74.9 Å². The van der Waals surface area contributed by atoms with Crippen LogP contribution < -0.4 is 5.32 Å². The summed E-state index contributed by atoms with van der Waals surface area (Å²) in [7, 11) is 1.38. The number of rotatable bonds is 4. The fraction of sp³-hybridized carbons (Fsp3) is 0.778. The molecule has 10 heteroatoms. The molecule has 0 aliphatic carbocycles. The molecule has 1 fully saturated rings. The van der Waals surface area contributed by atoms with Crippen molar-refractivity contribution in [2.24, 2.45) is 7.05 Å². The van der Waals surface area contributed by atoms with E-state index in [1.807, 2.05) is 0 Å². The first-order valence-corrected chi connectivity index (χ1v) is 9.41. The quantitative estimate of drug-likeness (QED) is 0.805. The first kappa shape index (κ1) is 22.5. The number of halogens is 3. The van der Waals surface area contributed by atoms with E-state index < -0.39 is 30.1 Å². The molecule has 0 aromatic carbocycles. The monoisotopic (exact) mass is 405 g/mol.